The predicted molar refractivity (Wildman–Crippen MR) is 83.5 cm³/mol. The Kier molecular flexibility index (Phi) is 3.74. The molecule has 4 nitrogen and oxygen atoms in total. The van der Waals surface area contributed by atoms with Crippen LogP contribution >= 0.6 is 0 Å². The SMILES string of the molecule is COC(=O)c1nc(-c2ccc(-c3ccccc3)cc2)oc1C. The predicted octanol–water partition coefficient (Wildman–Crippen LogP) is 4.10. The first kappa shape index (κ1) is 14.1. The first-order valence-electron chi connectivity index (χ1n) is 6.90. The largest absolute Gasteiger partial charge is 0.464 e. The minimum Gasteiger partial charge on any atom is -0.464 e. The molecule has 0 unspecified atom stereocenters. The average Bonchev–Trinajstić information content (AvgIpc) is 2.97. The number of rotatable bonds is 3. The second-order valence-electron chi connectivity index (χ2n) is 4.86. The molecule has 0 atom stereocenters. The monoisotopic (exact) mass is 293 g/mol. The third kappa shape index (κ3) is 2.63. The number of hydrogen-bond donors (Lipinski definition) is 0. The Morgan fingerprint density at radius 2 is 1.55 bits per heavy atom. The summed E-state index contributed by atoms with van der Waals surface area (Å²) in [4.78, 5) is 15.8. The van der Waals surface area contributed by atoms with E-state index in [2.05, 4.69) is 21.9 Å². The molecule has 0 aliphatic carbocycles. The molecular weight excluding hydrogens is 278 g/mol. The zero-order valence-electron chi connectivity index (χ0n) is 12.4. The molecule has 3 aromatic rings. The summed E-state index contributed by atoms with van der Waals surface area (Å²) in [5, 5.41) is 0. The molecule has 0 spiro atoms. The molecule has 1 heterocycles. The van der Waals surface area contributed by atoms with Gasteiger partial charge in [-0.1, -0.05) is 42.5 Å². The molecule has 22 heavy (non-hydrogen) atoms. The molecule has 3 rings (SSSR count). The van der Waals surface area contributed by atoms with Crippen LogP contribution in [0.4, 0.5) is 0 Å². The summed E-state index contributed by atoms with van der Waals surface area (Å²) in [5.74, 6) is 0.375. The van der Waals surface area contributed by atoms with Gasteiger partial charge in [0.2, 0.25) is 5.89 Å². The minimum absolute atomic E-state index is 0.213. The Balaban J connectivity index is 1.92. The summed E-state index contributed by atoms with van der Waals surface area (Å²) in [5.41, 5.74) is 3.29. The maximum absolute atomic E-state index is 11.6. The van der Waals surface area contributed by atoms with Gasteiger partial charge in [0.1, 0.15) is 5.76 Å². The maximum Gasteiger partial charge on any atom is 0.360 e. The number of nitrogens with zero attached hydrogens (tertiary/aromatic N) is 1. The standard InChI is InChI=1S/C18H15NO3/c1-12-16(18(20)21-2)19-17(22-12)15-10-8-14(9-11-15)13-6-4-3-5-7-13/h3-11H,1-2H3. The van der Waals surface area contributed by atoms with Crippen LogP contribution in [0.25, 0.3) is 22.6 Å². The van der Waals surface area contributed by atoms with E-state index in [-0.39, 0.29) is 5.69 Å². The zero-order valence-corrected chi connectivity index (χ0v) is 12.4. The summed E-state index contributed by atoms with van der Waals surface area (Å²) in [6.45, 7) is 1.70. The van der Waals surface area contributed by atoms with Gasteiger partial charge in [-0.15, -0.1) is 0 Å². The van der Waals surface area contributed by atoms with Crippen molar-refractivity contribution < 1.29 is 13.9 Å². The summed E-state index contributed by atoms with van der Waals surface area (Å²) in [6.07, 6.45) is 0. The van der Waals surface area contributed by atoms with Gasteiger partial charge < -0.3 is 9.15 Å². The van der Waals surface area contributed by atoms with Gasteiger partial charge in [0.25, 0.3) is 0 Å². The van der Waals surface area contributed by atoms with E-state index in [1.54, 1.807) is 6.92 Å². The molecule has 2 aromatic carbocycles. The number of carbonyl (C=O) groups excluding carboxylic acids is 1. The second kappa shape index (κ2) is 5.85. The maximum atomic E-state index is 11.6. The van der Waals surface area contributed by atoms with Gasteiger partial charge in [0.15, 0.2) is 5.69 Å². The molecule has 0 fully saturated rings. The molecule has 0 N–H and O–H groups in total. The van der Waals surface area contributed by atoms with E-state index >= 15 is 0 Å². The van der Waals surface area contributed by atoms with Crippen molar-refractivity contribution in [3.05, 3.63) is 66.1 Å². The highest BCUT2D eigenvalue weighted by molar-refractivity contribution is 5.88. The Bertz CT molecular complexity index is 789. The molecule has 0 radical (unpaired) electrons. The molecular formula is C18H15NO3. The molecule has 4 heteroatoms. The van der Waals surface area contributed by atoms with Crippen molar-refractivity contribution in [2.75, 3.05) is 7.11 Å². The van der Waals surface area contributed by atoms with Gasteiger partial charge in [0.05, 0.1) is 7.11 Å². The van der Waals surface area contributed by atoms with E-state index in [0.717, 1.165) is 16.7 Å². The molecule has 0 aliphatic rings. The average molecular weight is 293 g/mol. The van der Waals surface area contributed by atoms with Crippen molar-refractivity contribution in [3.63, 3.8) is 0 Å². The summed E-state index contributed by atoms with van der Waals surface area (Å²) in [6, 6.07) is 18.0. The Labute approximate surface area is 128 Å². The molecule has 110 valence electrons. The van der Waals surface area contributed by atoms with E-state index in [4.69, 9.17) is 4.42 Å². The van der Waals surface area contributed by atoms with Crippen molar-refractivity contribution >= 4 is 5.97 Å². The number of oxazole rings is 1. The first-order chi connectivity index (χ1) is 10.7. The van der Waals surface area contributed by atoms with Crippen LogP contribution < -0.4 is 0 Å². The third-order valence-corrected chi connectivity index (χ3v) is 3.41. The number of benzene rings is 2. The van der Waals surface area contributed by atoms with Gasteiger partial charge in [-0.3, -0.25) is 0 Å². The number of ether oxygens (including phenoxy) is 1. The van der Waals surface area contributed by atoms with E-state index in [1.807, 2.05) is 42.5 Å². The van der Waals surface area contributed by atoms with Gasteiger partial charge in [0, 0.05) is 5.56 Å². The minimum atomic E-state index is -0.492. The lowest BCUT2D eigenvalue weighted by Crippen LogP contribution is -2.03. The van der Waals surface area contributed by atoms with Crippen molar-refractivity contribution in [1.29, 1.82) is 0 Å². The lowest BCUT2D eigenvalue weighted by Gasteiger charge is -2.02. The van der Waals surface area contributed by atoms with Gasteiger partial charge in [-0.05, 0) is 30.2 Å². The fourth-order valence-electron chi connectivity index (χ4n) is 2.24. The molecule has 0 bridgehead atoms. The van der Waals surface area contributed by atoms with Crippen LogP contribution in [0.15, 0.2) is 59.0 Å². The van der Waals surface area contributed by atoms with E-state index in [1.165, 1.54) is 7.11 Å². The van der Waals surface area contributed by atoms with Crippen molar-refractivity contribution in [2.45, 2.75) is 6.92 Å². The molecule has 0 saturated carbocycles. The van der Waals surface area contributed by atoms with E-state index in [9.17, 15) is 4.79 Å². The van der Waals surface area contributed by atoms with Crippen LogP contribution in [-0.4, -0.2) is 18.1 Å². The second-order valence-corrected chi connectivity index (χ2v) is 4.86. The first-order valence-corrected chi connectivity index (χ1v) is 6.90. The lowest BCUT2D eigenvalue weighted by atomic mass is 10.0. The number of esters is 1. The number of carbonyl (C=O) groups is 1. The summed E-state index contributed by atoms with van der Waals surface area (Å²) < 4.78 is 10.2. The zero-order chi connectivity index (χ0) is 15.5. The Morgan fingerprint density at radius 1 is 0.955 bits per heavy atom. The number of hydrogen-bond acceptors (Lipinski definition) is 4. The topological polar surface area (TPSA) is 52.3 Å². The summed E-state index contributed by atoms with van der Waals surface area (Å²) in [7, 11) is 1.32. The fourth-order valence-corrected chi connectivity index (χ4v) is 2.24. The van der Waals surface area contributed by atoms with E-state index in [0.29, 0.717) is 11.7 Å². The number of methoxy groups -OCH3 is 1. The quantitative estimate of drug-likeness (QED) is 0.682. The fraction of sp³-hybridized carbons (Fsp3) is 0.111. The molecule has 0 saturated heterocycles. The summed E-state index contributed by atoms with van der Waals surface area (Å²) >= 11 is 0. The van der Waals surface area contributed by atoms with Crippen LogP contribution in [0.1, 0.15) is 16.2 Å². The van der Waals surface area contributed by atoms with Gasteiger partial charge in [-0.2, -0.15) is 0 Å². The molecule has 0 amide bonds. The third-order valence-electron chi connectivity index (χ3n) is 3.41. The smallest absolute Gasteiger partial charge is 0.360 e. The highest BCUT2D eigenvalue weighted by atomic mass is 16.5. The van der Waals surface area contributed by atoms with Crippen molar-refractivity contribution in [2.24, 2.45) is 0 Å². The van der Waals surface area contributed by atoms with E-state index < -0.39 is 5.97 Å². The van der Waals surface area contributed by atoms with Crippen LogP contribution in [0, 0.1) is 6.92 Å². The van der Waals surface area contributed by atoms with Gasteiger partial charge in [-0.25, -0.2) is 9.78 Å². The van der Waals surface area contributed by atoms with Gasteiger partial charge >= 0.3 is 5.97 Å². The molecule has 1 aromatic heterocycles. The van der Waals surface area contributed by atoms with Crippen LogP contribution in [0.3, 0.4) is 0 Å². The number of aryl methyl sites for hydroxylation is 1. The lowest BCUT2D eigenvalue weighted by molar-refractivity contribution is 0.0593. The Morgan fingerprint density at radius 3 is 2.18 bits per heavy atom. The highest BCUT2D eigenvalue weighted by Gasteiger charge is 2.18. The highest BCUT2D eigenvalue weighted by Crippen LogP contribution is 2.26. The van der Waals surface area contributed by atoms with Crippen LogP contribution in [0.2, 0.25) is 0 Å². The normalized spacial score (nSPS) is 10.5. The van der Waals surface area contributed by atoms with Crippen LogP contribution in [0.5, 0.6) is 0 Å². The van der Waals surface area contributed by atoms with Crippen molar-refractivity contribution in [3.8, 4) is 22.6 Å². The van der Waals surface area contributed by atoms with Crippen LogP contribution in [-0.2, 0) is 4.74 Å². The molecule has 0 aliphatic heterocycles. The number of aromatic nitrogens is 1. The van der Waals surface area contributed by atoms with Crippen molar-refractivity contribution in [1.82, 2.24) is 4.98 Å². The Hall–Kier alpha value is -2.88.